The van der Waals surface area contributed by atoms with E-state index in [-0.39, 0.29) is 5.75 Å². The van der Waals surface area contributed by atoms with Crippen molar-refractivity contribution in [3.8, 4) is 16.9 Å². The van der Waals surface area contributed by atoms with Crippen molar-refractivity contribution >= 4 is 15.9 Å². The monoisotopic (exact) mass is 238 g/mol. The van der Waals surface area contributed by atoms with Crippen molar-refractivity contribution in [2.75, 3.05) is 0 Å². The number of aromatic hydroxyl groups is 1. The summed E-state index contributed by atoms with van der Waals surface area (Å²) >= 11 is 3.28. The molecule has 2 rings (SSSR count). The van der Waals surface area contributed by atoms with E-state index in [4.69, 9.17) is 4.42 Å². The Bertz CT molecular complexity index is 407. The van der Waals surface area contributed by atoms with Gasteiger partial charge in [-0.1, -0.05) is 15.9 Å². The van der Waals surface area contributed by atoms with Gasteiger partial charge in [0.15, 0.2) is 0 Å². The van der Waals surface area contributed by atoms with Crippen LogP contribution in [0.1, 0.15) is 0 Å². The Morgan fingerprint density at radius 2 is 2.08 bits per heavy atom. The van der Waals surface area contributed by atoms with Crippen molar-refractivity contribution < 1.29 is 9.52 Å². The molecule has 0 aliphatic rings. The van der Waals surface area contributed by atoms with E-state index in [2.05, 4.69) is 15.9 Å². The fourth-order valence-corrected chi connectivity index (χ4v) is 1.52. The highest BCUT2D eigenvalue weighted by atomic mass is 79.9. The van der Waals surface area contributed by atoms with Crippen LogP contribution in [-0.4, -0.2) is 5.11 Å². The maximum Gasteiger partial charge on any atom is 0.124 e. The summed E-state index contributed by atoms with van der Waals surface area (Å²) in [7, 11) is 0. The average molecular weight is 239 g/mol. The molecule has 1 aromatic carbocycles. The number of phenols is 1. The molecule has 1 aromatic heterocycles. The van der Waals surface area contributed by atoms with Gasteiger partial charge in [0.2, 0.25) is 0 Å². The van der Waals surface area contributed by atoms with Crippen LogP contribution in [0.15, 0.2) is 45.7 Å². The Morgan fingerprint density at radius 1 is 1.23 bits per heavy atom. The highest BCUT2D eigenvalue weighted by Crippen LogP contribution is 2.31. The van der Waals surface area contributed by atoms with E-state index in [0.717, 1.165) is 15.6 Å². The van der Waals surface area contributed by atoms with Crippen LogP contribution in [0.4, 0.5) is 0 Å². The van der Waals surface area contributed by atoms with Crippen molar-refractivity contribution in [2.45, 2.75) is 0 Å². The molecule has 0 saturated heterocycles. The van der Waals surface area contributed by atoms with Gasteiger partial charge in [0.25, 0.3) is 0 Å². The molecule has 0 aliphatic heterocycles. The first kappa shape index (κ1) is 8.38. The zero-order valence-corrected chi connectivity index (χ0v) is 8.28. The molecule has 1 N–H and O–H groups in total. The molecule has 3 heteroatoms. The Kier molecular flexibility index (Phi) is 2.10. The van der Waals surface area contributed by atoms with E-state index in [0.29, 0.717) is 0 Å². The van der Waals surface area contributed by atoms with Crippen LogP contribution in [-0.2, 0) is 0 Å². The van der Waals surface area contributed by atoms with Crippen molar-refractivity contribution in [1.82, 2.24) is 0 Å². The van der Waals surface area contributed by atoms with Gasteiger partial charge >= 0.3 is 0 Å². The van der Waals surface area contributed by atoms with E-state index in [1.807, 2.05) is 18.2 Å². The van der Waals surface area contributed by atoms with E-state index >= 15 is 0 Å². The van der Waals surface area contributed by atoms with Gasteiger partial charge in [-0.15, -0.1) is 0 Å². The van der Waals surface area contributed by atoms with Gasteiger partial charge in [0, 0.05) is 15.6 Å². The maximum atomic E-state index is 9.59. The summed E-state index contributed by atoms with van der Waals surface area (Å²) in [6, 6.07) is 7.18. The molecule has 1 heterocycles. The number of hydrogen-bond acceptors (Lipinski definition) is 2. The van der Waals surface area contributed by atoms with E-state index in [9.17, 15) is 5.11 Å². The van der Waals surface area contributed by atoms with Crippen molar-refractivity contribution in [1.29, 1.82) is 0 Å². The molecular weight excluding hydrogens is 232 g/mol. The average Bonchev–Trinajstić information content (AvgIpc) is 2.56. The maximum absolute atomic E-state index is 9.59. The van der Waals surface area contributed by atoms with Crippen molar-refractivity contribution in [3.63, 3.8) is 0 Å². The van der Waals surface area contributed by atoms with Crippen LogP contribution in [0.25, 0.3) is 11.1 Å². The van der Waals surface area contributed by atoms with Crippen LogP contribution in [0, 0.1) is 0 Å². The molecule has 0 amide bonds. The van der Waals surface area contributed by atoms with Gasteiger partial charge in [-0.3, -0.25) is 0 Å². The molecule has 0 fully saturated rings. The lowest BCUT2D eigenvalue weighted by Gasteiger charge is -2.01. The third-order valence-corrected chi connectivity index (χ3v) is 2.29. The standard InChI is InChI=1S/C10H7BrO2/c11-8-1-2-9(10(12)5-8)7-3-4-13-6-7/h1-6,12H. The molecule has 2 aromatic rings. The summed E-state index contributed by atoms with van der Waals surface area (Å²) in [6.07, 6.45) is 3.18. The Morgan fingerprint density at radius 3 is 2.69 bits per heavy atom. The van der Waals surface area contributed by atoms with Gasteiger partial charge in [-0.25, -0.2) is 0 Å². The van der Waals surface area contributed by atoms with Crippen molar-refractivity contribution in [2.24, 2.45) is 0 Å². The zero-order valence-electron chi connectivity index (χ0n) is 6.70. The van der Waals surface area contributed by atoms with Crippen LogP contribution in [0.5, 0.6) is 5.75 Å². The Hall–Kier alpha value is -1.22. The van der Waals surface area contributed by atoms with Crippen LogP contribution >= 0.6 is 15.9 Å². The smallest absolute Gasteiger partial charge is 0.124 e. The number of rotatable bonds is 1. The normalized spacial score (nSPS) is 10.2. The number of benzene rings is 1. The second-order valence-corrected chi connectivity index (χ2v) is 3.59. The van der Waals surface area contributed by atoms with E-state index < -0.39 is 0 Å². The molecule has 0 unspecified atom stereocenters. The summed E-state index contributed by atoms with van der Waals surface area (Å²) in [5, 5.41) is 9.59. The van der Waals surface area contributed by atoms with Gasteiger partial charge in [0.05, 0.1) is 12.5 Å². The highest BCUT2D eigenvalue weighted by molar-refractivity contribution is 9.10. The van der Waals surface area contributed by atoms with E-state index in [1.54, 1.807) is 18.6 Å². The fourth-order valence-electron chi connectivity index (χ4n) is 1.17. The number of phenolic OH excluding ortho intramolecular Hbond substituents is 1. The first-order chi connectivity index (χ1) is 6.27. The first-order valence-electron chi connectivity index (χ1n) is 3.78. The topological polar surface area (TPSA) is 33.4 Å². The van der Waals surface area contributed by atoms with Gasteiger partial charge in [0.1, 0.15) is 5.75 Å². The molecule has 2 nitrogen and oxygen atoms in total. The largest absolute Gasteiger partial charge is 0.507 e. The molecule has 0 atom stereocenters. The minimum Gasteiger partial charge on any atom is -0.507 e. The number of hydrogen-bond donors (Lipinski definition) is 1. The lowest BCUT2D eigenvalue weighted by molar-refractivity contribution is 0.476. The zero-order chi connectivity index (χ0) is 9.26. The minimum atomic E-state index is 0.246. The predicted octanol–water partition coefficient (Wildman–Crippen LogP) is 3.41. The second-order valence-electron chi connectivity index (χ2n) is 2.67. The molecule has 0 saturated carbocycles. The van der Waals surface area contributed by atoms with Crippen LogP contribution in [0.2, 0.25) is 0 Å². The lowest BCUT2D eigenvalue weighted by atomic mass is 10.1. The van der Waals surface area contributed by atoms with Gasteiger partial charge in [-0.05, 0) is 24.3 Å². The quantitative estimate of drug-likeness (QED) is 0.827. The summed E-state index contributed by atoms with van der Waals surface area (Å²) < 4.78 is 5.79. The summed E-state index contributed by atoms with van der Waals surface area (Å²) in [4.78, 5) is 0. The molecule has 0 spiro atoms. The minimum absolute atomic E-state index is 0.246. The summed E-state index contributed by atoms with van der Waals surface area (Å²) in [5.41, 5.74) is 1.65. The first-order valence-corrected chi connectivity index (χ1v) is 4.58. The summed E-state index contributed by atoms with van der Waals surface area (Å²) in [5.74, 6) is 0.246. The third kappa shape index (κ3) is 1.60. The molecule has 13 heavy (non-hydrogen) atoms. The van der Waals surface area contributed by atoms with E-state index in [1.165, 1.54) is 0 Å². The van der Waals surface area contributed by atoms with Crippen molar-refractivity contribution in [3.05, 3.63) is 41.3 Å². The molecule has 66 valence electrons. The number of halogens is 1. The predicted molar refractivity (Wildman–Crippen MR) is 53.5 cm³/mol. The number of furan rings is 1. The van der Waals surface area contributed by atoms with Gasteiger partial charge < -0.3 is 9.52 Å². The molecule has 0 bridgehead atoms. The molecule has 0 aliphatic carbocycles. The Balaban J connectivity index is 2.53. The summed E-state index contributed by atoms with van der Waals surface area (Å²) in [6.45, 7) is 0. The lowest BCUT2D eigenvalue weighted by Crippen LogP contribution is -1.75. The molecular formula is C10H7BrO2. The second kappa shape index (κ2) is 3.26. The SMILES string of the molecule is Oc1cc(Br)ccc1-c1ccoc1. The third-order valence-electron chi connectivity index (χ3n) is 1.79. The highest BCUT2D eigenvalue weighted by Gasteiger charge is 2.04. The fraction of sp³-hybridized carbons (Fsp3) is 0. The Labute approximate surface area is 83.9 Å². The molecule has 0 radical (unpaired) electrons. The van der Waals surface area contributed by atoms with Crippen LogP contribution in [0.3, 0.4) is 0 Å². The van der Waals surface area contributed by atoms with Crippen LogP contribution < -0.4 is 0 Å². The van der Waals surface area contributed by atoms with Gasteiger partial charge in [-0.2, -0.15) is 0 Å².